The summed E-state index contributed by atoms with van der Waals surface area (Å²) in [5.74, 6) is 1.38. The van der Waals surface area contributed by atoms with Gasteiger partial charge in [-0.25, -0.2) is 0 Å². The number of allylic oxidation sites excluding steroid dienone is 2. The first-order valence-electron chi connectivity index (χ1n) is 8.78. The third-order valence-electron chi connectivity index (χ3n) is 3.93. The fourth-order valence-corrected chi connectivity index (χ4v) is 3.05. The van der Waals surface area contributed by atoms with Crippen molar-refractivity contribution in [2.75, 3.05) is 13.2 Å². The van der Waals surface area contributed by atoms with Crippen LogP contribution in [0.15, 0.2) is 60.2 Å². The number of para-hydroxylation sites is 1. The van der Waals surface area contributed by atoms with Crippen LogP contribution >= 0.6 is 0 Å². The van der Waals surface area contributed by atoms with Crippen LogP contribution in [0.1, 0.15) is 46.1 Å². The second-order valence-electron chi connectivity index (χ2n) is 5.00. The van der Waals surface area contributed by atoms with E-state index < -0.39 is 0 Å². The zero-order valence-corrected chi connectivity index (χ0v) is 15.2. The Kier molecular flexibility index (Phi) is 8.42. The van der Waals surface area contributed by atoms with Gasteiger partial charge in [0, 0.05) is 18.0 Å². The van der Waals surface area contributed by atoms with Crippen molar-refractivity contribution in [3.05, 3.63) is 65.8 Å². The lowest BCUT2D eigenvalue weighted by molar-refractivity contribution is 0.222. The molecule has 1 aromatic carbocycles. The summed E-state index contributed by atoms with van der Waals surface area (Å²) >= 11 is 0. The third kappa shape index (κ3) is 4.14. The van der Waals surface area contributed by atoms with E-state index in [0.717, 1.165) is 18.9 Å². The van der Waals surface area contributed by atoms with Crippen molar-refractivity contribution in [1.29, 1.82) is 0 Å². The molecule has 0 bridgehead atoms. The number of nitrogens with one attached hydrogen (secondary N) is 1. The predicted octanol–water partition coefficient (Wildman–Crippen LogP) is 5.25. The summed E-state index contributed by atoms with van der Waals surface area (Å²) in [6.07, 6.45) is 6.30. The lowest BCUT2D eigenvalue weighted by Crippen LogP contribution is -2.47. The van der Waals surface area contributed by atoms with E-state index in [1.165, 1.54) is 16.7 Å². The Hall–Kier alpha value is -1.80. The van der Waals surface area contributed by atoms with Gasteiger partial charge in [-0.1, -0.05) is 70.7 Å². The van der Waals surface area contributed by atoms with Gasteiger partial charge in [-0.3, -0.25) is 0 Å². The molecule has 2 aliphatic heterocycles. The van der Waals surface area contributed by atoms with Crippen molar-refractivity contribution in [3.8, 4) is 5.75 Å². The first-order chi connectivity index (χ1) is 11.3. The fourth-order valence-electron chi connectivity index (χ4n) is 3.05. The highest BCUT2D eigenvalue weighted by Gasteiger charge is 2.35. The summed E-state index contributed by atoms with van der Waals surface area (Å²) in [5, 5.41) is 3.56. The van der Waals surface area contributed by atoms with Crippen molar-refractivity contribution in [1.82, 2.24) is 5.32 Å². The van der Waals surface area contributed by atoms with Gasteiger partial charge in [-0.05, 0) is 24.1 Å². The maximum atomic E-state index is 5.85. The quantitative estimate of drug-likeness (QED) is 0.805. The van der Waals surface area contributed by atoms with Gasteiger partial charge >= 0.3 is 0 Å². The molecule has 1 N–H and O–H groups in total. The van der Waals surface area contributed by atoms with E-state index in [0.29, 0.717) is 12.0 Å². The van der Waals surface area contributed by atoms with Crippen LogP contribution in [0.5, 0.6) is 5.75 Å². The number of hydrogen-bond donors (Lipinski definition) is 1. The summed E-state index contributed by atoms with van der Waals surface area (Å²) in [6.45, 7) is 15.6. The minimum Gasteiger partial charge on any atom is -0.492 e. The summed E-state index contributed by atoms with van der Waals surface area (Å²) in [6, 6.07) is 8.69. The first-order valence-corrected chi connectivity index (χ1v) is 8.78. The van der Waals surface area contributed by atoms with Crippen LogP contribution in [0.25, 0.3) is 0 Å². The molecule has 2 nitrogen and oxygen atoms in total. The van der Waals surface area contributed by atoms with Gasteiger partial charge in [0.05, 0.1) is 6.04 Å². The molecule has 2 atom stereocenters. The van der Waals surface area contributed by atoms with E-state index in [1.54, 1.807) is 0 Å². The first kappa shape index (κ1) is 19.2. The molecular weight excluding hydrogens is 282 g/mol. The average molecular weight is 313 g/mol. The fraction of sp³-hybridized carbons (Fsp3) is 0.429. The van der Waals surface area contributed by atoms with Crippen molar-refractivity contribution in [3.63, 3.8) is 0 Å². The molecule has 23 heavy (non-hydrogen) atoms. The maximum Gasteiger partial charge on any atom is 0.123 e. The van der Waals surface area contributed by atoms with E-state index >= 15 is 0 Å². The Labute approximate surface area is 142 Å². The molecule has 2 heteroatoms. The maximum absolute atomic E-state index is 5.85. The largest absolute Gasteiger partial charge is 0.492 e. The summed E-state index contributed by atoms with van der Waals surface area (Å²) in [7, 11) is 0. The van der Waals surface area contributed by atoms with Crippen LogP contribution in [0, 0.1) is 0 Å². The Bertz CT molecular complexity index is 557. The molecule has 0 amide bonds. The SMILES string of the molecule is C=CC1=C(/C=C\C)[C@H]2c3ccccc3OCC2NC1.CC.CC. The van der Waals surface area contributed by atoms with Crippen molar-refractivity contribution in [2.24, 2.45) is 0 Å². The van der Waals surface area contributed by atoms with Gasteiger partial charge < -0.3 is 10.1 Å². The van der Waals surface area contributed by atoms with Gasteiger partial charge in [-0.15, -0.1) is 0 Å². The minimum absolute atomic E-state index is 0.352. The molecule has 0 radical (unpaired) electrons. The van der Waals surface area contributed by atoms with E-state index in [1.807, 2.05) is 39.8 Å². The molecule has 126 valence electrons. The Morgan fingerprint density at radius 1 is 1.17 bits per heavy atom. The lowest BCUT2D eigenvalue weighted by atomic mass is 9.78. The highest BCUT2D eigenvalue weighted by atomic mass is 16.5. The average Bonchev–Trinajstić information content (AvgIpc) is 2.65. The molecule has 0 aromatic heterocycles. The molecule has 0 saturated heterocycles. The Balaban J connectivity index is 0.000000615. The summed E-state index contributed by atoms with van der Waals surface area (Å²) in [4.78, 5) is 0. The van der Waals surface area contributed by atoms with Gasteiger partial charge in [0.25, 0.3) is 0 Å². The van der Waals surface area contributed by atoms with E-state index in [9.17, 15) is 0 Å². The zero-order chi connectivity index (χ0) is 17.2. The molecule has 2 aliphatic rings. The molecular formula is C21H31NO. The normalized spacial score (nSPS) is 21.8. The molecule has 0 aliphatic carbocycles. The number of hydrogen-bond acceptors (Lipinski definition) is 2. The van der Waals surface area contributed by atoms with Crippen LogP contribution in [0.4, 0.5) is 0 Å². The van der Waals surface area contributed by atoms with Crippen molar-refractivity contribution >= 4 is 0 Å². The topological polar surface area (TPSA) is 21.3 Å². The third-order valence-corrected chi connectivity index (χ3v) is 3.93. The second-order valence-corrected chi connectivity index (χ2v) is 5.00. The zero-order valence-electron chi connectivity index (χ0n) is 15.2. The second kappa shape index (κ2) is 10.1. The Morgan fingerprint density at radius 3 is 2.52 bits per heavy atom. The number of ether oxygens (including phenoxy) is 1. The molecule has 2 heterocycles. The predicted molar refractivity (Wildman–Crippen MR) is 101 cm³/mol. The smallest absolute Gasteiger partial charge is 0.123 e. The van der Waals surface area contributed by atoms with Crippen molar-refractivity contribution in [2.45, 2.75) is 46.6 Å². The van der Waals surface area contributed by atoms with Crippen molar-refractivity contribution < 1.29 is 4.74 Å². The van der Waals surface area contributed by atoms with Gasteiger partial charge in [0.1, 0.15) is 12.4 Å². The number of benzene rings is 1. The van der Waals surface area contributed by atoms with Gasteiger partial charge in [0.15, 0.2) is 0 Å². The van der Waals surface area contributed by atoms with Crippen LogP contribution in [-0.4, -0.2) is 19.2 Å². The highest BCUT2D eigenvalue weighted by Crippen LogP contribution is 2.41. The van der Waals surface area contributed by atoms with E-state index in [4.69, 9.17) is 4.74 Å². The van der Waals surface area contributed by atoms with E-state index in [2.05, 4.69) is 49.2 Å². The van der Waals surface area contributed by atoms with Crippen LogP contribution in [0.2, 0.25) is 0 Å². The number of rotatable bonds is 2. The molecule has 0 spiro atoms. The number of fused-ring (bicyclic) bond motifs is 3. The molecule has 1 unspecified atom stereocenters. The monoisotopic (exact) mass is 313 g/mol. The minimum atomic E-state index is 0.352. The molecule has 1 aromatic rings. The van der Waals surface area contributed by atoms with Crippen LogP contribution < -0.4 is 10.1 Å². The summed E-state index contributed by atoms with van der Waals surface area (Å²) < 4.78 is 5.85. The highest BCUT2D eigenvalue weighted by molar-refractivity contribution is 5.51. The van der Waals surface area contributed by atoms with Crippen LogP contribution in [0.3, 0.4) is 0 Å². The van der Waals surface area contributed by atoms with E-state index in [-0.39, 0.29) is 0 Å². The van der Waals surface area contributed by atoms with Gasteiger partial charge in [-0.2, -0.15) is 0 Å². The summed E-state index contributed by atoms with van der Waals surface area (Å²) in [5.41, 5.74) is 3.94. The standard InChI is InChI=1S/C17H19NO.2C2H6/c1-3-7-13-12(4-2)10-18-15-11-19-16-9-6-5-8-14(16)17(13)15;2*1-2/h3-9,15,17-18H,2,10-11H2,1H3;2*1-2H3/b7-3-;;/t15?,17-;;/m0../s1. The molecule has 3 rings (SSSR count). The lowest BCUT2D eigenvalue weighted by Gasteiger charge is -2.39. The van der Waals surface area contributed by atoms with Crippen LogP contribution in [-0.2, 0) is 0 Å². The van der Waals surface area contributed by atoms with Gasteiger partial charge in [0.2, 0.25) is 0 Å². The molecule has 0 fully saturated rings. The Morgan fingerprint density at radius 2 is 1.87 bits per heavy atom. The molecule has 0 saturated carbocycles.